The lowest BCUT2D eigenvalue weighted by molar-refractivity contribution is -0.0551. The second-order valence-corrected chi connectivity index (χ2v) is 5.13. The Hall–Kier alpha value is -1.48. The topological polar surface area (TPSA) is 125 Å². The molecule has 0 amide bonds. The summed E-state index contributed by atoms with van der Waals surface area (Å²) in [6, 6.07) is 0. The molecule has 8 nitrogen and oxygen atoms in total. The molecule has 0 radical (unpaired) electrons. The highest BCUT2D eigenvalue weighted by molar-refractivity contribution is 5.10. The Bertz CT molecular complexity index is 592. The average molecular weight is 286 g/mol. The Morgan fingerprint density at radius 3 is 2.50 bits per heavy atom. The average Bonchev–Trinajstić information content (AvgIpc) is 2.66. The summed E-state index contributed by atoms with van der Waals surface area (Å²) in [5, 5.41) is 28.6. The number of hydrogen-bond donors (Lipinski definition) is 4. The number of nitrogens with zero attached hydrogens (tertiary/aromatic N) is 1. The molecule has 4 N–H and O–H groups in total. The van der Waals surface area contributed by atoms with E-state index in [1.807, 2.05) is 0 Å². The normalized spacial score (nSPS) is 30.1. The summed E-state index contributed by atoms with van der Waals surface area (Å²) in [6.07, 6.45) is -3.48. The minimum atomic E-state index is -1.37. The third kappa shape index (κ3) is 2.42. The molecule has 1 aliphatic heterocycles. The molecule has 1 aromatic rings. The molecule has 0 aliphatic carbocycles. The fourth-order valence-corrected chi connectivity index (χ4v) is 2.21. The zero-order valence-electron chi connectivity index (χ0n) is 11.2. The molecule has 0 unspecified atom stereocenters. The van der Waals surface area contributed by atoms with Crippen molar-refractivity contribution in [1.29, 1.82) is 0 Å². The van der Waals surface area contributed by atoms with Crippen molar-refractivity contribution in [2.75, 3.05) is 6.61 Å². The van der Waals surface area contributed by atoms with Crippen molar-refractivity contribution in [3.8, 4) is 0 Å². The molecule has 4 atom stereocenters. The zero-order valence-corrected chi connectivity index (χ0v) is 11.2. The lowest BCUT2D eigenvalue weighted by Crippen LogP contribution is -2.39. The fraction of sp³-hybridized carbons (Fsp3) is 0.667. The number of aliphatic hydroxyl groups is 3. The van der Waals surface area contributed by atoms with Crippen molar-refractivity contribution in [1.82, 2.24) is 9.55 Å². The van der Waals surface area contributed by atoms with Gasteiger partial charge in [-0.15, -0.1) is 0 Å². The van der Waals surface area contributed by atoms with Crippen molar-refractivity contribution in [2.24, 2.45) is 0 Å². The molecular weight excluding hydrogens is 268 g/mol. The van der Waals surface area contributed by atoms with E-state index in [-0.39, 0.29) is 5.92 Å². The van der Waals surface area contributed by atoms with Crippen LogP contribution in [0.4, 0.5) is 0 Å². The number of aromatic amines is 1. The minimum absolute atomic E-state index is 0.122. The van der Waals surface area contributed by atoms with Gasteiger partial charge in [0.2, 0.25) is 0 Å². The second kappa shape index (κ2) is 5.49. The fourth-order valence-electron chi connectivity index (χ4n) is 2.21. The molecule has 1 saturated heterocycles. The van der Waals surface area contributed by atoms with E-state index in [0.29, 0.717) is 5.56 Å². The molecule has 1 fully saturated rings. The summed E-state index contributed by atoms with van der Waals surface area (Å²) < 4.78 is 6.30. The Balaban J connectivity index is 2.46. The Labute approximate surface area is 114 Å². The smallest absolute Gasteiger partial charge is 0.330 e. The van der Waals surface area contributed by atoms with Gasteiger partial charge in [0.15, 0.2) is 6.23 Å². The van der Waals surface area contributed by atoms with Crippen LogP contribution in [-0.2, 0) is 4.74 Å². The summed E-state index contributed by atoms with van der Waals surface area (Å²) in [7, 11) is 0. The van der Waals surface area contributed by atoms with Gasteiger partial charge in [-0.1, -0.05) is 13.8 Å². The first-order valence-corrected chi connectivity index (χ1v) is 6.34. The third-order valence-electron chi connectivity index (χ3n) is 3.41. The maximum Gasteiger partial charge on any atom is 0.330 e. The molecule has 8 heteroatoms. The van der Waals surface area contributed by atoms with E-state index < -0.39 is 42.4 Å². The lowest BCUT2D eigenvalue weighted by Gasteiger charge is -2.18. The number of H-pyrrole nitrogens is 1. The van der Waals surface area contributed by atoms with Crippen molar-refractivity contribution in [3.05, 3.63) is 32.6 Å². The van der Waals surface area contributed by atoms with E-state index in [4.69, 9.17) is 9.84 Å². The van der Waals surface area contributed by atoms with Gasteiger partial charge in [-0.2, -0.15) is 0 Å². The van der Waals surface area contributed by atoms with E-state index >= 15 is 0 Å². The number of aromatic nitrogens is 2. The highest BCUT2D eigenvalue weighted by Crippen LogP contribution is 2.28. The number of hydrogen-bond acceptors (Lipinski definition) is 6. The zero-order chi connectivity index (χ0) is 15.0. The van der Waals surface area contributed by atoms with Crippen LogP contribution >= 0.6 is 0 Å². The van der Waals surface area contributed by atoms with Crippen LogP contribution in [0.5, 0.6) is 0 Å². The molecular formula is C12H18N2O6. The number of aliphatic hydroxyl groups excluding tert-OH is 3. The van der Waals surface area contributed by atoms with Gasteiger partial charge in [0.1, 0.15) is 18.3 Å². The maximum absolute atomic E-state index is 11.8. The highest BCUT2D eigenvalue weighted by atomic mass is 16.6. The molecule has 0 saturated carbocycles. The SMILES string of the molecule is CC(C)c1cn([C@@H]2O[C@H](CO)[C@@H](O)[C@H]2O)c(=O)[nH]c1=O. The van der Waals surface area contributed by atoms with E-state index in [1.165, 1.54) is 6.20 Å². The predicted molar refractivity (Wildman–Crippen MR) is 68.4 cm³/mol. The molecule has 0 aromatic carbocycles. The van der Waals surface area contributed by atoms with Crippen LogP contribution in [0.3, 0.4) is 0 Å². The standard InChI is InChI=1S/C12H18N2O6/c1-5(2)6-3-14(12(19)13-10(6)18)11-9(17)8(16)7(4-15)20-11/h3,5,7-9,11,15-17H,4H2,1-2H3,(H,13,18,19)/t7-,8-,9-,11-/m1/s1. The third-order valence-corrected chi connectivity index (χ3v) is 3.41. The van der Waals surface area contributed by atoms with E-state index in [1.54, 1.807) is 13.8 Å². The van der Waals surface area contributed by atoms with Gasteiger partial charge in [0, 0.05) is 11.8 Å². The first kappa shape index (κ1) is 14.9. The maximum atomic E-state index is 11.8. The van der Waals surface area contributed by atoms with Gasteiger partial charge in [-0.05, 0) is 5.92 Å². The van der Waals surface area contributed by atoms with Gasteiger partial charge in [0.25, 0.3) is 5.56 Å². The van der Waals surface area contributed by atoms with Crippen LogP contribution < -0.4 is 11.2 Å². The summed E-state index contributed by atoms with van der Waals surface area (Å²) >= 11 is 0. The second-order valence-electron chi connectivity index (χ2n) is 5.13. The van der Waals surface area contributed by atoms with Gasteiger partial charge >= 0.3 is 5.69 Å². The Kier molecular flexibility index (Phi) is 4.09. The Morgan fingerprint density at radius 2 is 2.00 bits per heavy atom. The van der Waals surface area contributed by atoms with Gasteiger partial charge < -0.3 is 20.1 Å². The van der Waals surface area contributed by atoms with Crippen molar-refractivity contribution < 1.29 is 20.1 Å². The summed E-state index contributed by atoms with van der Waals surface area (Å²) in [4.78, 5) is 25.6. The molecule has 1 aliphatic rings. The molecule has 0 spiro atoms. The van der Waals surface area contributed by atoms with Crippen LogP contribution in [0.2, 0.25) is 0 Å². The first-order valence-electron chi connectivity index (χ1n) is 6.34. The predicted octanol–water partition coefficient (Wildman–Crippen LogP) is -1.73. The van der Waals surface area contributed by atoms with Crippen LogP contribution in [-0.4, -0.2) is 49.8 Å². The molecule has 20 heavy (non-hydrogen) atoms. The highest BCUT2D eigenvalue weighted by Gasteiger charge is 2.43. The number of rotatable bonds is 3. The Morgan fingerprint density at radius 1 is 1.35 bits per heavy atom. The molecule has 1 aromatic heterocycles. The summed E-state index contributed by atoms with van der Waals surface area (Å²) in [6.45, 7) is 3.09. The van der Waals surface area contributed by atoms with E-state index in [2.05, 4.69) is 4.98 Å². The first-order chi connectivity index (χ1) is 9.36. The number of ether oxygens (including phenoxy) is 1. The van der Waals surface area contributed by atoms with E-state index in [0.717, 1.165) is 4.57 Å². The van der Waals surface area contributed by atoms with Crippen LogP contribution in [0.1, 0.15) is 31.6 Å². The summed E-state index contributed by atoms with van der Waals surface area (Å²) in [5.41, 5.74) is -0.871. The minimum Gasteiger partial charge on any atom is -0.394 e. The van der Waals surface area contributed by atoms with Gasteiger partial charge in [-0.3, -0.25) is 14.3 Å². The van der Waals surface area contributed by atoms with E-state index in [9.17, 15) is 19.8 Å². The molecule has 112 valence electrons. The van der Waals surface area contributed by atoms with Crippen LogP contribution in [0.15, 0.2) is 15.8 Å². The van der Waals surface area contributed by atoms with Gasteiger partial charge in [0.05, 0.1) is 6.61 Å². The van der Waals surface area contributed by atoms with Crippen molar-refractivity contribution >= 4 is 0 Å². The number of nitrogens with one attached hydrogen (secondary N) is 1. The molecule has 2 rings (SSSR count). The van der Waals surface area contributed by atoms with Crippen LogP contribution in [0.25, 0.3) is 0 Å². The summed E-state index contributed by atoms with van der Waals surface area (Å²) in [5.74, 6) is -0.122. The monoisotopic (exact) mass is 286 g/mol. The largest absolute Gasteiger partial charge is 0.394 e. The molecule has 2 heterocycles. The van der Waals surface area contributed by atoms with Crippen LogP contribution in [0, 0.1) is 0 Å². The quantitative estimate of drug-likeness (QED) is 0.523. The molecule has 0 bridgehead atoms. The van der Waals surface area contributed by atoms with Crippen molar-refractivity contribution in [2.45, 2.75) is 44.3 Å². The lowest BCUT2D eigenvalue weighted by atomic mass is 10.1. The van der Waals surface area contributed by atoms with Crippen molar-refractivity contribution in [3.63, 3.8) is 0 Å². The van der Waals surface area contributed by atoms with Gasteiger partial charge in [-0.25, -0.2) is 4.79 Å².